The van der Waals surface area contributed by atoms with Gasteiger partial charge in [0.25, 0.3) is 0 Å². The molecule has 3 saturated heterocycles. The molecule has 53 heavy (non-hydrogen) atoms. The average Bonchev–Trinajstić information content (AvgIpc) is 3.85. The van der Waals surface area contributed by atoms with Crippen molar-refractivity contribution in [2.75, 3.05) is 37.0 Å². The van der Waals surface area contributed by atoms with Crippen LogP contribution >= 0.6 is 0 Å². The summed E-state index contributed by atoms with van der Waals surface area (Å²) in [5.41, 5.74) is 15.7. The van der Waals surface area contributed by atoms with E-state index in [1.807, 2.05) is 0 Å². The molecule has 0 amide bonds. The minimum Gasteiger partial charge on any atom is -0.394 e. The van der Waals surface area contributed by atoms with E-state index in [4.69, 9.17) is 46.7 Å². The van der Waals surface area contributed by atoms with Gasteiger partial charge in [0.05, 0.1) is 26.1 Å². The summed E-state index contributed by atoms with van der Waals surface area (Å²) in [5.74, 6) is 0.325. The molecule has 4 aromatic rings. The van der Waals surface area contributed by atoms with Crippen LogP contribution in [0.15, 0.2) is 46.8 Å². The number of imidazole rings is 1. The molecule has 12 atom stereocenters. The van der Waals surface area contributed by atoms with Gasteiger partial charge in [-0.2, -0.15) is 9.97 Å². The lowest BCUT2D eigenvalue weighted by molar-refractivity contribution is -0.0549. The maximum atomic E-state index is 11.5. The number of rotatable bonds is 6. The summed E-state index contributed by atoms with van der Waals surface area (Å²) in [6.07, 6.45) is -7.96. The second-order valence-electron chi connectivity index (χ2n) is 11.9. The van der Waals surface area contributed by atoms with Crippen LogP contribution in [0.5, 0.6) is 0 Å². The largest absolute Gasteiger partial charge is 0.394 e. The molecular formula is C28H39N11O14. The Balaban J connectivity index is 0.000000154. The SMILES string of the molecule is Nc1ccn([C@@H]2O[C@H](CO)[C@@H](O)[C@H]2O)c(=O)n1.Nc1ccn([C@@H]2O[C@H](CO)[C@@H](O)[C@H]2O)c(=O)n1.Nc1ncnc2c1ncn2[C@@H]1O[C@H](CO)[C@@H](O)[C@H]1O. The maximum Gasteiger partial charge on any atom is 0.351 e. The number of nitrogen functional groups attached to an aromatic ring is 3. The van der Waals surface area contributed by atoms with Crippen molar-refractivity contribution >= 4 is 28.6 Å². The number of hydrogen-bond donors (Lipinski definition) is 12. The van der Waals surface area contributed by atoms with Crippen LogP contribution in [-0.2, 0) is 14.2 Å². The predicted octanol–water partition coefficient (Wildman–Crippen LogP) is -7.11. The molecule has 25 nitrogen and oxygen atoms in total. The third-order valence-corrected chi connectivity index (χ3v) is 8.46. The highest BCUT2D eigenvalue weighted by molar-refractivity contribution is 5.81. The van der Waals surface area contributed by atoms with E-state index in [0.29, 0.717) is 11.2 Å². The standard InChI is InChI=1S/C10H13N5O4.2C9H13N3O5/c11-8-5-9(13-2-12-8)15(3-14-5)10-7(18)6(17)4(1-16)19-10;2*10-5-1-2-12(9(16)11-5)8-7(15)6(14)4(3-13)17-8/h2-4,6-7,10,16-18H,1H2,(H2,11,12,13);2*1-2,4,6-8,13-15H,3H2,(H2,10,11,16)/t4-,6-,7-,10-;2*4-,6-,7-,8-/m111/s1. The predicted molar refractivity (Wildman–Crippen MR) is 175 cm³/mol. The van der Waals surface area contributed by atoms with E-state index in [0.717, 1.165) is 9.13 Å². The van der Waals surface area contributed by atoms with Gasteiger partial charge < -0.3 is 77.4 Å². The number of aromatic nitrogens is 8. The van der Waals surface area contributed by atoms with E-state index < -0.39 is 105 Å². The minimum atomic E-state index is -1.31. The molecule has 25 heteroatoms. The van der Waals surface area contributed by atoms with Gasteiger partial charge in [-0.3, -0.25) is 13.7 Å². The fourth-order valence-electron chi connectivity index (χ4n) is 5.62. The molecule has 0 unspecified atom stereocenters. The molecule has 0 saturated carbocycles. The first-order valence-corrected chi connectivity index (χ1v) is 15.7. The highest BCUT2D eigenvalue weighted by Gasteiger charge is 2.45. The first-order chi connectivity index (χ1) is 25.2. The van der Waals surface area contributed by atoms with Gasteiger partial charge in [-0.05, 0) is 12.1 Å². The quantitative estimate of drug-likeness (QED) is 0.0870. The Bertz CT molecular complexity index is 1880. The van der Waals surface area contributed by atoms with Gasteiger partial charge in [-0.15, -0.1) is 0 Å². The number of fused-ring (bicyclic) bond motifs is 1. The Hall–Kier alpha value is -4.77. The highest BCUT2D eigenvalue weighted by Crippen LogP contribution is 2.32. The van der Waals surface area contributed by atoms with E-state index >= 15 is 0 Å². The number of nitrogens with zero attached hydrogens (tertiary/aromatic N) is 8. The monoisotopic (exact) mass is 753 g/mol. The van der Waals surface area contributed by atoms with Gasteiger partial charge in [0.2, 0.25) is 0 Å². The molecule has 0 aromatic carbocycles. The molecule has 4 aromatic heterocycles. The fraction of sp³-hybridized carbons (Fsp3) is 0.536. The summed E-state index contributed by atoms with van der Waals surface area (Å²) in [4.78, 5) is 41.9. The zero-order chi connectivity index (χ0) is 38.7. The van der Waals surface area contributed by atoms with Crippen LogP contribution in [0.1, 0.15) is 18.7 Å². The van der Waals surface area contributed by atoms with E-state index in [1.165, 1.54) is 41.7 Å². The van der Waals surface area contributed by atoms with Crippen molar-refractivity contribution in [3.8, 4) is 0 Å². The molecule has 290 valence electrons. The van der Waals surface area contributed by atoms with E-state index in [-0.39, 0.29) is 17.5 Å². The van der Waals surface area contributed by atoms with Crippen LogP contribution in [0.2, 0.25) is 0 Å². The lowest BCUT2D eigenvalue weighted by atomic mass is 10.1. The van der Waals surface area contributed by atoms with E-state index in [9.17, 15) is 40.2 Å². The summed E-state index contributed by atoms with van der Waals surface area (Å²) in [7, 11) is 0. The minimum absolute atomic E-state index is 0.0537. The smallest absolute Gasteiger partial charge is 0.351 e. The Morgan fingerprint density at radius 1 is 0.585 bits per heavy atom. The Morgan fingerprint density at radius 2 is 0.981 bits per heavy atom. The number of anilines is 3. The van der Waals surface area contributed by atoms with Gasteiger partial charge in [0.15, 0.2) is 30.1 Å². The lowest BCUT2D eigenvalue weighted by Gasteiger charge is -2.16. The number of aliphatic hydroxyl groups is 9. The first kappa shape index (κ1) is 39.4. The summed E-state index contributed by atoms with van der Waals surface area (Å²) in [5, 5.41) is 85.0. The van der Waals surface area contributed by atoms with Gasteiger partial charge in [-0.1, -0.05) is 0 Å². The second-order valence-corrected chi connectivity index (χ2v) is 11.9. The van der Waals surface area contributed by atoms with Gasteiger partial charge in [0, 0.05) is 12.4 Å². The third kappa shape index (κ3) is 7.95. The van der Waals surface area contributed by atoms with Crippen LogP contribution in [0, 0.1) is 0 Å². The normalized spacial score (nSPS) is 32.2. The molecule has 0 aliphatic carbocycles. The molecule has 7 heterocycles. The topological polar surface area (TPSA) is 401 Å². The second kappa shape index (κ2) is 16.5. The summed E-state index contributed by atoms with van der Waals surface area (Å²) < 4.78 is 19.2. The molecule has 3 fully saturated rings. The van der Waals surface area contributed by atoms with Crippen molar-refractivity contribution in [2.45, 2.75) is 73.6 Å². The number of ether oxygens (including phenoxy) is 3. The van der Waals surface area contributed by atoms with Crippen molar-refractivity contribution in [3.05, 3.63) is 58.1 Å². The van der Waals surface area contributed by atoms with Crippen LogP contribution in [0.3, 0.4) is 0 Å². The molecule has 3 aliphatic heterocycles. The Kier molecular flexibility index (Phi) is 12.3. The molecule has 0 radical (unpaired) electrons. The highest BCUT2D eigenvalue weighted by atomic mass is 16.6. The van der Waals surface area contributed by atoms with Crippen molar-refractivity contribution in [3.63, 3.8) is 0 Å². The summed E-state index contributed by atoms with van der Waals surface area (Å²) >= 11 is 0. The first-order valence-electron chi connectivity index (χ1n) is 15.7. The number of nitrogens with two attached hydrogens (primary N) is 3. The third-order valence-electron chi connectivity index (χ3n) is 8.46. The molecule has 0 bridgehead atoms. The molecule has 0 spiro atoms. The Labute approximate surface area is 296 Å². The van der Waals surface area contributed by atoms with Crippen LogP contribution in [0.4, 0.5) is 17.5 Å². The fourth-order valence-corrected chi connectivity index (χ4v) is 5.62. The molecular weight excluding hydrogens is 714 g/mol. The van der Waals surface area contributed by atoms with E-state index in [1.54, 1.807) is 0 Å². The van der Waals surface area contributed by atoms with Gasteiger partial charge in [0.1, 0.15) is 78.4 Å². The van der Waals surface area contributed by atoms with Crippen LogP contribution in [-0.4, -0.2) is 159 Å². The number of aliphatic hydroxyl groups excluding tert-OH is 9. The molecule has 15 N–H and O–H groups in total. The van der Waals surface area contributed by atoms with E-state index in [2.05, 4.69) is 24.9 Å². The summed E-state index contributed by atoms with van der Waals surface area (Å²) in [6, 6.07) is 2.74. The molecule has 3 aliphatic rings. The lowest BCUT2D eigenvalue weighted by Crippen LogP contribution is -2.36. The molecule has 7 rings (SSSR count). The van der Waals surface area contributed by atoms with Crippen molar-refractivity contribution < 1.29 is 60.2 Å². The van der Waals surface area contributed by atoms with Crippen molar-refractivity contribution in [2.24, 2.45) is 0 Å². The zero-order valence-electron chi connectivity index (χ0n) is 27.4. The van der Waals surface area contributed by atoms with Gasteiger partial charge >= 0.3 is 11.4 Å². The Morgan fingerprint density at radius 3 is 1.34 bits per heavy atom. The van der Waals surface area contributed by atoms with Crippen LogP contribution < -0.4 is 28.6 Å². The number of hydrogen-bond acceptors (Lipinski definition) is 22. The maximum absolute atomic E-state index is 11.5. The van der Waals surface area contributed by atoms with Crippen molar-refractivity contribution in [1.29, 1.82) is 0 Å². The van der Waals surface area contributed by atoms with Crippen LogP contribution in [0.25, 0.3) is 11.2 Å². The van der Waals surface area contributed by atoms with Gasteiger partial charge in [-0.25, -0.2) is 24.5 Å². The van der Waals surface area contributed by atoms with Crippen molar-refractivity contribution in [1.82, 2.24) is 38.6 Å². The average molecular weight is 754 g/mol. The summed E-state index contributed by atoms with van der Waals surface area (Å²) in [6.45, 7) is -1.30. The zero-order valence-corrected chi connectivity index (χ0v) is 27.4.